The fourth-order valence-corrected chi connectivity index (χ4v) is 4.06. The van der Waals surface area contributed by atoms with Gasteiger partial charge in [-0.05, 0) is 56.7 Å². The summed E-state index contributed by atoms with van der Waals surface area (Å²) in [5, 5.41) is 7.57. The van der Waals surface area contributed by atoms with Crippen molar-refractivity contribution in [3.8, 4) is 5.75 Å². The van der Waals surface area contributed by atoms with E-state index in [4.69, 9.17) is 21.3 Å². The van der Waals surface area contributed by atoms with Crippen molar-refractivity contribution in [2.45, 2.75) is 58.9 Å². The number of carbonyl (C=O) groups is 1. The van der Waals surface area contributed by atoms with Gasteiger partial charge in [-0.2, -0.15) is 0 Å². The first-order chi connectivity index (χ1) is 14.5. The van der Waals surface area contributed by atoms with Gasteiger partial charge in [0.05, 0.1) is 7.11 Å². The molecular weight excluding hydrogens is 527 g/mol. The molecule has 1 aromatic rings. The number of hydrogen-bond donors (Lipinski definition) is 2. The van der Waals surface area contributed by atoms with Gasteiger partial charge in [-0.1, -0.05) is 31.5 Å². The third kappa shape index (κ3) is 8.67. The Hall–Kier alpha value is -1.22. The van der Waals surface area contributed by atoms with Crippen LogP contribution in [-0.2, 0) is 11.2 Å². The van der Waals surface area contributed by atoms with Crippen LogP contribution in [0.5, 0.6) is 5.75 Å². The maximum absolute atomic E-state index is 12.6. The van der Waals surface area contributed by atoms with Gasteiger partial charge < -0.3 is 20.3 Å². The minimum Gasteiger partial charge on any atom is -0.497 e. The quantitative estimate of drug-likeness (QED) is 0.264. The van der Waals surface area contributed by atoms with Crippen molar-refractivity contribution in [2.24, 2.45) is 10.9 Å². The second-order valence-corrected chi connectivity index (χ2v) is 8.13. The van der Waals surface area contributed by atoms with Crippen LogP contribution in [0.1, 0.15) is 52.0 Å². The zero-order valence-corrected chi connectivity index (χ0v) is 22.3. The zero-order valence-electron chi connectivity index (χ0n) is 19.2. The Labute approximate surface area is 209 Å². The molecule has 0 spiro atoms. The molecular formula is C23H38ClIN4O2. The first kappa shape index (κ1) is 27.8. The molecule has 8 heteroatoms. The molecule has 0 bridgehead atoms. The summed E-state index contributed by atoms with van der Waals surface area (Å²) in [5.74, 6) is 2.07. The number of carbonyl (C=O) groups excluding carboxylic acids is 1. The van der Waals surface area contributed by atoms with Crippen molar-refractivity contribution >= 4 is 47.4 Å². The molecule has 1 aliphatic heterocycles. The summed E-state index contributed by atoms with van der Waals surface area (Å²) < 4.78 is 5.20. The molecule has 0 radical (unpaired) electrons. The van der Waals surface area contributed by atoms with Gasteiger partial charge in [0.1, 0.15) is 5.75 Å². The molecule has 0 unspecified atom stereocenters. The average molecular weight is 565 g/mol. The van der Waals surface area contributed by atoms with E-state index in [1.807, 2.05) is 23.1 Å². The van der Waals surface area contributed by atoms with Crippen LogP contribution >= 0.6 is 35.6 Å². The van der Waals surface area contributed by atoms with Crippen LogP contribution < -0.4 is 15.4 Å². The Morgan fingerprint density at radius 2 is 1.94 bits per heavy atom. The lowest BCUT2D eigenvalue weighted by atomic mass is 9.98. The number of amides is 1. The third-order valence-electron chi connectivity index (χ3n) is 5.74. The molecule has 2 N–H and O–H groups in total. The molecule has 176 valence electrons. The zero-order chi connectivity index (χ0) is 21.9. The molecule has 1 heterocycles. The fraction of sp³-hybridized carbons (Fsp3) is 0.652. The van der Waals surface area contributed by atoms with E-state index >= 15 is 0 Å². The lowest BCUT2D eigenvalue weighted by molar-refractivity contribution is -0.136. The van der Waals surface area contributed by atoms with Gasteiger partial charge in [-0.3, -0.25) is 9.79 Å². The van der Waals surface area contributed by atoms with Crippen LogP contribution in [-0.4, -0.2) is 56.1 Å². The molecule has 1 saturated heterocycles. The highest BCUT2D eigenvalue weighted by Crippen LogP contribution is 2.22. The number of benzene rings is 1. The first-order valence-electron chi connectivity index (χ1n) is 11.2. The Morgan fingerprint density at radius 1 is 1.26 bits per heavy atom. The minimum absolute atomic E-state index is 0. The Bertz CT molecular complexity index is 705. The molecule has 0 aliphatic carbocycles. The van der Waals surface area contributed by atoms with Crippen LogP contribution in [0.25, 0.3) is 0 Å². The lowest BCUT2D eigenvalue weighted by Gasteiger charge is -2.34. The number of rotatable bonds is 9. The largest absolute Gasteiger partial charge is 0.497 e. The van der Waals surface area contributed by atoms with Gasteiger partial charge in [-0.25, -0.2) is 0 Å². The van der Waals surface area contributed by atoms with Gasteiger partial charge in [0, 0.05) is 43.2 Å². The van der Waals surface area contributed by atoms with Crippen molar-refractivity contribution in [1.29, 1.82) is 0 Å². The highest BCUT2D eigenvalue weighted by atomic mass is 127. The van der Waals surface area contributed by atoms with Crippen molar-refractivity contribution in [2.75, 3.05) is 33.3 Å². The normalized spacial score (nSPS) is 14.9. The van der Waals surface area contributed by atoms with Gasteiger partial charge in [0.15, 0.2) is 5.96 Å². The standard InChI is InChI=1S/C23H37ClN4O2.HI/c1-5-17(6-2)22(29)28-14-11-19(12-15-28)27-23(25-7-3)26-13-10-18-8-9-20(30-4)16-21(18)24;/h8-9,16-17,19H,5-7,10-15H2,1-4H3,(H2,25,26,27);1H. The molecule has 1 aliphatic rings. The highest BCUT2D eigenvalue weighted by Gasteiger charge is 2.26. The molecule has 1 aromatic carbocycles. The molecule has 1 fully saturated rings. The summed E-state index contributed by atoms with van der Waals surface area (Å²) in [5.41, 5.74) is 1.06. The van der Waals surface area contributed by atoms with Crippen LogP contribution in [0, 0.1) is 5.92 Å². The molecule has 6 nitrogen and oxygen atoms in total. The van der Waals surface area contributed by atoms with Crippen LogP contribution in [0.2, 0.25) is 5.02 Å². The Balaban J connectivity index is 0.00000480. The molecule has 0 atom stereocenters. The molecule has 0 aromatic heterocycles. The van der Waals surface area contributed by atoms with Gasteiger partial charge in [0.2, 0.25) is 5.91 Å². The summed E-state index contributed by atoms with van der Waals surface area (Å²) in [6.07, 6.45) is 4.49. The van der Waals surface area contributed by atoms with E-state index in [1.165, 1.54) is 0 Å². The first-order valence-corrected chi connectivity index (χ1v) is 11.6. The number of nitrogens with zero attached hydrogens (tertiary/aromatic N) is 2. The van der Waals surface area contributed by atoms with E-state index < -0.39 is 0 Å². The smallest absolute Gasteiger partial charge is 0.225 e. The monoisotopic (exact) mass is 564 g/mol. The van der Waals surface area contributed by atoms with Crippen molar-refractivity contribution in [1.82, 2.24) is 15.5 Å². The van der Waals surface area contributed by atoms with E-state index in [0.717, 1.165) is 69.0 Å². The summed E-state index contributed by atoms with van der Waals surface area (Å²) in [4.78, 5) is 19.3. The van der Waals surface area contributed by atoms with E-state index in [0.29, 0.717) is 23.5 Å². The van der Waals surface area contributed by atoms with E-state index in [1.54, 1.807) is 7.11 Å². The van der Waals surface area contributed by atoms with Gasteiger partial charge in [0.25, 0.3) is 0 Å². The van der Waals surface area contributed by atoms with E-state index in [2.05, 4.69) is 31.4 Å². The highest BCUT2D eigenvalue weighted by molar-refractivity contribution is 14.0. The maximum atomic E-state index is 12.6. The van der Waals surface area contributed by atoms with Gasteiger partial charge >= 0.3 is 0 Å². The number of ether oxygens (including phenoxy) is 1. The van der Waals surface area contributed by atoms with Crippen LogP contribution in [0.15, 0.2) is 23.2 Å². The summed E-state index contributed by atoms with van der Waals surface area (Å²) in [7, 11) is 1.64. The van der Waals surface area contributed by atoms with Crippen molar-refractivity contribution in [3.05, 3.63) is 28.8 Å². The molecule has 31 heavy (non-hydrogen) atoms. The maximum Gasteiger partial charge on any atom is 0.225 e. The number of likely N-dealkylation sites (tertiary alicyclic amines) is 1. The average Bonchev–Trinajstić information content (AvgIpc) is 2.76. The van der Waals surface area contributed by atoms with Crippen molar-refractivity contribution < 1.29 is 9.53 Å². The topological polar surface area (TPSA) is 66.0 Å². The van der Waals surface area contributed by atoms with Crippen LogP contribution in [0.4, 0.5) is 0 Å². The lowest BCUT2D eigenvalue weighted by Crippen LogP contribution is -2.50. The number of halogens is 2. The minimum atomic E-state index is 0. The van der Waals surface area contributed by atoms with Gasteiger partial charge in [-0.15, -0.1) is 24.0 Å². The number of piperidine rings is 1. The summed E-state index contributed by atoms with van der Waals surface area (Å²) >= 11 is 6.33. The number of hydrogen-bond acceptors (Lipinski definition) is 3. The number of nitrogens with one attached hydrogen (secondary N) is 2. The predicted molar refractivity (Wildman–Crippen MR) is 140 cm³/mol. The van der Waals surface area contributed by atoms with E-state index in [9.17, 15) is 4.79 Å². The molecule has 0 saturated carbocycles. The summed E-state index contributed by atoms with van der Waals surface area (Å²) in [6.45, 7) is 9.34. The molecule has 1 amide bonds. The number of methoxy groups -OCH3 is 1. The SMILES string of the molecule is CCNC(=NCCc1ccc(OC)cc1Cl)NC1CCN(C(=O)C(CC)CC)CC1.I. The Kier molecular flexibility index (Phi) is 13.3. The number of aliphatic imine (C=N–C) groups is 1. The predicted octanol–water partition coefficient (Wildman–Crippen LogP) is 4.49. The van der Waals surface area contributed by atoms with Crippen molar-refractivity contribution in [3.63, 3.8) is 0 Å². The second-order valence-electron chi connectivity index (χ2n) is 7.73. The third-order valence-corrected chi connectivity index (χ3v) is 6.09. The van der Waals surface area contributed by atoms with E-state index in [-0.39, 0.29) is 29.9 Å². The summed E-state index contributed by atoms with van der Waals surface area (Å²) in [6, 6.07) is 6.08. The number of guanidine groups is 1. The Morgan fingerprint density at radius 3 is 2.48 bits per heavy atom. The molecule has 2 rings (SSSR count). The second kappa shape index (κ2) is 14.8. The van der Waals surface area contributed by atoms with Crippen LogP contribution in [0.3, 0.4) is 0 Å². The fourth-order valence-electron chi connectivity index (χ4n) is 3.80.